The van der Waals surface area contributed by atoms with Gasteiger partial charge in [0.15, 0.2) is 0 Å². The van der Waals surface area contributed by atoms with Crippen LogP contribution in [0.2, 0.25) is 0 Å². The summed E-state index contributed by atoms with van der Waals surface area (Å²) in [6, 6.07) is 6.10. The first-order valence-corrected chi connectivity index (χ1v) is 8.73. The number of methoxy groups -OCH3 is 1. The smallest absolute Gasteiger partial charge is 0.410 e. The molecular formula is C19H31N3O3. The van der Waals surface area contributed by atoms with Crippen LogP contribution in [0, 0.1) is 0 Å². The maximum absolute atomic E-state index is 12.6. The minimum Gasteiger partial charge on any atom is -0.496 e. The third kappa shape index (κ3) is 5.34. The van der Waals surface area contributed by atoms with Crippen molar-refractivity contribution in [3.05, 3.63) is 29.3 Å². The van der Waals surface area contributed by atoms with Crippen LogP contribution in [0.1, 0.15) is 37.9 Å². The van der Waals surface area contributed by atoms with Crippen LogP contribution in [0.4, 0.5) is 4.79 Å². The first kappa shape index (κ1) is 19.5. The second-order valence-electron chi connectivity index (χ2n) is 7.70. The zero-order chi connectivity index (χ0) is 18.6. The molecule has 1 amide bonds. The number of benzene rings is 1. The Balaban J connectivity index is 2.28. The lowest BCUT2D eigenvalue weighted by Crippen LogP contribution is -2.50. The fraction of sp³-hybridized carbons (Fsp3) is 0.632. The van der Waals surface area contributed by atoms with Crippen LogP contribution >= 0.6 is 0 Å². The van der Waals surface area contributed by atoms with Gasteiger partial charge in [0.05, 0.1) is 13.2 Å². The standard InChI is InChI=1S/C19H31N3O3/c1-19(2,3)25-18(23)22-10-9-20-12-16(22)14-7-8-17(24-6)15(11-14)13-21(4)5/h7-8,11,16,20H,9-10,12-13H2,1-6H3. The van der Waals surface area contributed by atoms with Crippen LogP contribution in [-0.2, 0) is 11.3 Å². The van der Waals surface area contributed by atoms with Gasteiger partial charge in [-0.15, -0.1) is 0 Å². The fourth-order valence-corrected chi connectivity index (χ4v) is 3.01. The van der Waals surface area contributed by atoms with Gasteiger partial charge in [-0.05, 0) is 52.6 Å². The second kappa shape index (κ2) is 8.06. The van der Waals surface area contributed by atoms with Gasteiger partial charge in [0.1, 0.15) is 11.4 Å². The minimum atomic E-state index is -0.498. The molecule has 1 atom stereocenters. The van der Waals surface area contributed by atoms with E-state index in [1.165, 1.54) is 0 Å². The molecule has 1 aliphatic rings. The van der Waals surface area contributed by atoms with Crippen LogP contribution in [0.5, 0.6) is 5.75 Å². The van der Waals surface area contributed by atoms with Crippen molar-refractivity contribution in [3.63, 3.8) is 0 Å². The lowest BCUT2D eigenvalue weighted by atomic mass is 10.00. The summed E-state index contributed by atoms with van der Waals surface area (Å²) in [5, 5.41) is 3.38. The summed E-state index contributed by atoms with van der Waals surface area (Å²) in [4.78, 5) is 16.6. The number of ether oxygens (including phenoxy) is 2. The summed E-state index contributed by atoms with van der Waals surface area (Å²) >= 11 is 0. The minimum absolute atomic E-state index is 0.0459. The van der Waals surface area contributed by atoms with Gasteiger partial charge in [0.25, 0.3) is 0 Å². The largest absolute Gasteiger partial charge is 0.496 e. The van der Waals surface area contributed by atoms with Crippen LogP contribution < -0.4 is 10.1 Å². The SMILES string of the molecule is COc1ccc(C2CNCCN2C(=O)OC(C)(C)C)cc1CN(C)C. The van der Waals surface area contributed by atoms with Gasteiger partial charge in [-0.25, -0.2) is 4.79 Å². The molecule has 0 bridgehead atoms. The van der Waals surface area contributed by atoms with Gasteiger partial charge in [-0.2, -0.15) is 0 Å². The molecule has 1 heterocycles. The number of nitrogens with zero attached hydrogens (tertiary/aromatic N) is 2. The number of rotatable bonds is 4. The van der Waals surface area contributed by atoms with Crippen molar-refractivity contribution in [2.45, 2.75) is 39.0 Å². The maximum Gasteiger partial charge on any atom is 0.410 e. The van der Waals surface area contributed by atoms with E-state index in [-0.39, 0.29) is 12.1 Å². The van der Waals surface area contributed by atoms with Gasteiger partial charge in [-0.3, -0.25) is 4.90 Å². The number of carbonyl (C=O) groups excluding carboxylic acids is 1. The fourth-order valence-electron chi connectivity index (χ4n) is 3.01. The molecule has 6 nitrogen and oxygen atoms in total. The predicted molar refractivity (Wildman–Crippen MR) is 98.9 cm³/mol. The highest BCUT2D eigenvalue weighted by atomic mass is 16.6. The Morgan fingerprint density at radius 2 is 2.08 bits per heavy atom. The number of amides is 1. The monoisotopic (exact) mass is 349 g/mol. The molecule has 0 aromatic heterocycles. The second-order valence-corrected chi connectivity index (χ2v) is 7.70. The molecule has 140 valence electrons. The molecule has 1 fully saturated rings. The van der Waals surface area contributed by atoms with Gasteiger partial charge in [-0.1, -0.05) is 6.07 Å². The zero-order valence-corrected chi connectivity index (χ0v) is 16.3. The maximum atomic E-state index is 12.6. The lowest BCUT2D eigenvalue weighted by Gasteiger charge is -2.37. The van der Waals surface area contributed by atoms with Crippen molar-refractivity contribution in [1.29, 1.82) is 0 Å². The van der Waals surface area contributed by atoms with Gasteiger partial charge in [0.2, 0.25) is 0 Å². The normalized spacial score (nSPS) is 18.4. The number of hydrogen-bond acceptors (Lipinski definition) is 5. The van der Waals surface area contributed by atoms with Crippen LogP contribution in [0.15, 0.2) is 18.2 Å². The van der Waals surface area contributed by atoms with Crippen molar-refractivity contribution >= 4 is 6.09 Å². The topological polar surface area (TPSA) is 54.0 Å². The van der Waals surface area contributed by atoms with E-state index in [0.717, 1.165) is 30.0 Å². The average Bonchev–Trinajstić information content (AvgIpc) is 2.52. The summed E-state index contributed by atoms with van der Waals surface area (Å²) in [6.45, 7) is 8.58. The Labute approximate surface area is 151 Å². The molecule has 1 N–H and O–H groups in total. The average molecular weight is 349 g/mol. The van der Waals surface area contributed by atoms with Crippen LogP contribution in [0.3, 0.4) is 0 Å². The highest BCUT2D eigenvalue weighted by Crippen LogP contribution is 2.29. The van der Waals surface area contributed by atoms with Gasteiger partial charge in [0, 0.05) is 31.7 Å². The first-order valence-electron chi connectivity index (χ1n) is 8.73. The molecule has 1 unspecified atom stereocenters. The third-order valence-electron chi connectivity index (χ3n) is 4.05. The highest BCUT2D eigenvalue weighted by molar-refractivity contribution is 5.69. The lowest BCUT2D eigenvalue weighted by molar-refractivity contribution is 0.0118. The Morgan fingerprint density at radius 3 is 2.68 bits per heavy atom. The van der Waals surface area contributed by atoms with Crippen LogP contribution in [-0.4, -0.2) is 62.3 Å². The summed E-state index contributed by atoms with van der Waals surface area (Å²) in [5.74, 6) is 0.866. The van der Waals surface area contributed by atoms with Crippen molar-refractivity contribution in [3.8, 4) is 5.75 Å². The predicted octanol–water partition coefficient (Wildman–Crippen LogP) is 2.64. The molecule has 25 heavy (non-hydrogen) atoms. The number of nitrogens with one attached hydrogen (secondary N) is 1. The molecule has 0 radical (unpaired) electrons. The Bertz CT molecular complexity index is 596. The molecule has 6 heteroatoms. The van der Waals surface area contributed by atoms with E-state index in [1.54, 1.807) is 7.11 Å². The van der Waals surface area contributed by atoms with Crippen molar-refractivity contribution in [2.24, 2.45) is 0 Å². The number of piperazine rings is 1. The van der Waals surface area contributed by atoms with Crippen molar-refractivity contribution in [2.75, 3.05) is 40.8 Å². The van der Waals surface area contributed by atoms with E-state index in [4.69, 9.17) is 9.47 Å². The molecule has 0 spiro atoms. The van der Waals surface area contributed by atoms with Crippen LogP contribution in [0.25, 0.3) is 0 Å². The molecule has 2 rings (SSSR count). The van der Waals surface area contributed by atoms with E-state index in [0.29, 0.717) is 13.1 Å². The zero-order valence-electron chi connectivity index (χ0n) is 16.3. The Kier molecular flexibility index (Phi) is 6.30. The number of carbonyl (C=O) groups is 1. The van der Waals surface area contributed by atoms with Crippen molar-refractivity contribution < 1.29 is 14.3 Å². The Hall–Kier alpha value is -1.79. The molecule has 1 aliphatic heterocycles. The molecule has 1 aromatic carbocycles. The van der Waals surface area contributed by atoms with Gasteiger partial charge >= 0.3 is 6.09 Å². The summed E-state index contributed by atoms with van der Waals surface area (Å²) in [7, 11) is 5.74. The quantitative estimate of drug-likeness (QED) is 0.906. The van der Waals surface area contributed by atoms with Crippen molar-refractivity contribution in [1.82, 2.24) is 15.1 Å². The van der Waals surface area contributed by atoms with E-state index in [2.05, 4.69) is 16.3 Å². The highest BCUT2D eigenvalue weighted by Gasteiger charge is 2.31. The first-order chi connectivity index (χ1) is 11.7. The molecule has 0 aliphatic carbocycles. The molecule has 0 saturated carbocycles. The van der Waals surface area contributed by atoms with E-state index in [9.17, 15) is 4.79 Å². The van der Waals surface area contributed by atoms with E-state index in [1.807, 2.05) is 51.9 Å². The Morgan fingerprint density at radius 1 is 1.36 bits per heavy atom. The van der Waals surface area contributed by atoms with Gasteiger partial charge < -0.3 is 19.7 Å². The summed E-state index contributed by atoms with van der Waals surface area (Å²) in [6.07, 6.45) is -0.260. The molecule has 1 aromatic rings. The summed E-state index contributed by atoms with van der Waals surface area (Å²) in [5.41, 5.74) is 1.71. The molecule has 1 saturated heterocycles. The summed E-state index contributed by atoms with van der Waals surface area (Å²) < 4.78 is 11.1. The van der Waals surface area contributed by atoms with E-state index < -0.39 is 5.60 Å². The third-order valence-corrected chi connectivity index (χ3v) is 4.05. The van der Waals surface area contributed by atoms with E-state index >= 15 is 0 Å². The number of hydrogen-bond donors (Lipinski definition) is 1. The molecular weight excluding hydrogens is 318 g/mol.